The highest BCUT2D eigenvalue weighted by atomic mass is 32.2. The van der Waals surface area contributed by atoms with E-state index in [-0.39, 0.29) is 24.5 Å². The van der Waals surface area contributed by atoms with E-state index in [9.17, 15) is 9.59 Å². The van der Waals surface area contributed by atoms with E-state index in [2.05, 4.69) is 5.32 Å². The van der Waals surface area contributed by atoms with Gasteiger partial charge in [0.25, 0.3) is 0 Å². The maximum atomic E-state index is 11.8. The van der Waals surface area contributed by atoms with E-state index in [1.165, 1.54) is 0 Å². The van der Waals surface area contributed by atoms with Crippen LogP contribution in [0.25, 0.3) is 0 Å². The number of carboxylic acid groups (broad SMARTS) is 1. The van der Waals surface area contributed by atoms with Crippen LogP contribution in [-0.2, 0) is 14.3 Å². The molecule has 0 spiro atoms. The highest BCUT2D eigenvalue weighted by molar-refractivity contribution is 7.99. The molecule has 2 heterocycles. The topological polar surface area (TPSA) is 75.6 Å². The molecular formula is C10H15NO4S. The quantitative estimate of drug-likeness (QED) is 0.729. The molecule has 2 saturated heterocycles. The van der Waals surface area contributed by atoms with Crippen LogP contribution >= 0.6 is 11.8 Å². The zero-order chi connectivity index (χ0) is 11.5. The lowest BCUT2D eigenvalue weighted by molar-refractivity contribution is -0.142. The summed E-state index contributed by atoms with van der Waals surface area (Å²) in [6.07, 6.45) is 0.891. The summed E-state index contributed by atoms with van der Waals surface area (Å²) in [6, 6.07) is -0.365. The Bertz CT molecular complexity index is 291. The van der Waals surface area contributed by atoms with Gasteiger partial charge in [-0.15, -0.1) is 0 Å². The first-order chi connectivity index (χ1) is 7.68. The predicted molar refractivity (Wildman–Crippen MR) is 59.3 cm³/mol. The molecule has 0 aromatic carbocycles. The van der Waals surface area contributed by atoms with Crippen LogP contribution in [0.3, 0.4) is 0 Å². The summed E-state index contributed by atoms with van der Waals surface area (Å²) in [6.45, 7) is 0.502. The van der Waals surface area contributed by atoms with Gasteiger partial charge in [0.15, 0.2) is 0 Å². The monoisotopic (exact) mass is 245 g/mol. The van der Waals surface area contributed by atoms with Gasteiger partial charge in [-0.3, -0.25) is 9.59 Å². The summed E-state index contributed by atoms with van der Waals surface area (Å²) >= 11 is 1.77. The second-order valence-electron chi connectivity index (χ2n) is 4.16. The van der Waals surface area contributed by atoms with Crippen molar-refractivity contribution in [3.63, 3.8) is 0 Å². The van der Waals surface area contributed by atoms with Gasteiger partial charge in [-0.1, -0.05) is 0 Å². The van der Waals surface area contributed by atoms with Crippen LogP contribution in [-0.4, -0.2) is 47.7 Å². The first-order valence-corrected chi connectivity index (χ1v) is 6.52. The standard InChI is InChI=1S/C10H15NO4S/c12-9(6-1-2-16-5-6)11-8-4-15-3-7(8)10(13)14/h6-8H,1-5H2,(H,11,12)(H,13,14). The molecule has 0 saturated carbocycles. The molecule has 2 fully saturated rings. The van der Waals surface area contributed by atoms with E-state index in [4.69, 9.17) is 9.84 Å². The first kappa shape index (κ1) is 11.7. The van der Waals surface area contributed by atoms with E-state index in [1.54, 1.807) is 11.8 Å². The van der Waals surface area contributed by atoms with Crippen LogP contribution in [0.2, 0.25) is 0 Å². The third-order valence-electron chi connectivity index (χ3n) is 3.03. The van der Waals surface area contributed by atoms with Gasteiger partial charge in [-0.05, 0) is 12.2 Å². The predicted octanol–water partition coefficient (Wildman–Crippen LogP) is -0.0447. The highest BCUT2D eigenvalue weighted by Gasteiger charge is 2.36. The summed E-state index contributed by atoms with van der Waals surface area (Å²) < 4.78 is 5.09. The summed E-state index contributed by atoms with van der Waals surface area (Å²) in [7, 11) is 0. The third kappa shape index (κ3) is 2.49. The number of aliphatic carboxylic acids is 1. The first-order valence-electron chi connectivity index (χ1n) is 5.37. The van der Waals surface area contributed by atoms with Crippen LogP contribution < -0.4 is 5.32 Å². The Morgan fingerprint density at radius 2 is 2.19 bits per heavy atom. The molecular weight excluding hydrogens is 230 g/mol. The van der Waals surface area contributed by atoms with E-state index < -0.39 is 11.9 Å². The molecule has 2 aliphatic rings. The zero-order valence-corrected chi connectivity index (χ0v) is 9.66. The molecule has 2 N–H and O–H groups in total. The van der Waals surface area contributed by atoms with Crippen molar-refractivity contribution in [3.8, 4) is 0 Å². The molecule has 0 bridgehead atoms. The second kappa shape index (κ2) is 5.05. The molecule has 2 rings (SSSR count). The highest BCUT2D eigenvalue weighted by Crippen LogP contribution is 2.24. The van der Waals surface area contributed by atoms with Gasteiger partial charge in [0.2, 0.25) is 5.91 Å². The SMILES string of the molecule is O=C(NC1COCC1C(=O)O)C1CCSC1. The smallest absolute Gasteiger partial charge is 0.311 e. The second-order valence-corrected chi connectivity index (χ2v) is 5.31. The average Bonchev–Trinajstić information content (AvgIpc) is 2.86. The molecule has 0 radical (unpaired) electrons. The summed E-state index contributed by atoms with van der Waals surface area (Å²) in [5.74, 6) is 0.382. The van der Waals surface area contributed by atoms with Crippen LogP contribution in [0, 0.1) is 11.8 Å². The molecule has 6 heteroatoms. The van der Waals surface area contributed by atoms with Crippen molar-refractivity contribution in [2.75, 3.05) is 24.7 Å². The maximum Gasteiger partial charge on any atom is 0.311 e. The molecule has 1 amide bonds. The van der Waals surface area contributed by atoms with Crippen LogP contribution in [0.5, 0.6) is 0 Å². The largest absolute Gasteiger partial charge is 0.481 e. The van der Waals surface area contributed by atoms with E-state index >= 15 is 0 Å². The van der Waals surface area contributed by atoms with Crippen molar-refractivity contribution in [2.45, 2.75) is 12.5 Å². The van der Waals surface area contributed by atoms with Crippen LogP contribution in [0.15, 0.2) is 0 Å². The number of thioether (sulfide) groups is 1. The number of rotatable bonds is 3. The molecule has 90 valence electrons. The number of carbonyl (C=O) groups is 2. The van der Waals surface area contributed by atoms with Crippen LogP contribution in [0.4, 0.5) is 0 Å². The zero-order valence-electron chi connectivity index (χ0n) is 8.85. The lowest BCUT2D eigenvalue weighted by Crippen LogP contribution is -2.45. The Balaban J connectivity index is 1.88. The molecule has 2 aliphatic heterocycles. The van der Waals surface area contributed by atoms with E-state index in [0.717, 1.165) is 17.9 Å². The van der Waals surface area contributed by atoms with Gasteiger partial charge in [0, 0.05) is 11.7 Å². The van der Waals surface area contributed by atoms with Crippen molar-refractivity contribution in [2.24, 2.45) is 11.8 Å². The fourth-order valence-electron chi connectivity index (χ4n) is 1.98. The fourth-order valence-corrected chi connectivity index (χ4v) is 3.20. The Kier molecular flexibility index (Phi) is 3.70. The number of amides is 1. The number of nitrogens with one attached hydrogen (secondary N) is 1. The van der Waals surface area contributed by atoms with Crippen molar-refractivity contribution < 1.29 is 19.4 Å². The van der Waals surface area contributed by atoms with Gasteiger partial charge in [0.1, 0.15) is 5.92 Å². The minimum atomic E-state index is -0.899. The Morgan fingerprint density at radius 3 is 2.81 bits per heavy atom. The minimum absolute atomic E-state index is 0.0215. The minimum Gasteiger partial charge on any atom is -0.481 e. The number of hydrogen-bond donors (Lipinski definition) is 2. The van der Waals surface area contributed by atoms with Gasteiger partial charge >= 0.3 is 5.97 Å². The van der Waals surface area contributed by atoms with Crippen molar-refractivity contribution in [3.05, 3.63) is 0 Å². The lowest BCUT2D eigenvalue weighted by atomic mass is 10.0. The van der Waals surface area contributed by atoms with Crippen molar-refractivity contribution in [1.29, 1.82) is 0 Å². The van der Waals surface area contributed by atoms with Gasteiger partial charge < -0.3 is 15.2 Å². The molecule has 0 aliphatic carbocycles. The van der Waals surface area contributed by atoms with E-state index in [0.29, 0.717) is 6.61 Å². The molecule has 3 atom stereocenters. The maximum absolute atomic E-state index is 11.8. The summed E-state index contributed by atoms with van der Waals surface area (Å²) in [5.41, 5.74) is 0. The normalized spacial score (nSPS) is 33.9. The Morgan fingerprint density at radius 1 is 1.38 bits per heavy atom. The molecule has 16 heavy (non-hydrogen) atoms. The third-order valence-corrected chi connectivity index (χ3v) is 4.19. The number of hydrogen-bond acceptors (Lipinski definition) is 4. The van der Waals surface area contributed by atoms with Crippen LogP contribution in [0.1, 0.15) is 6.42 Å². The molecule has 0 aromatic heterocycles. The molecule has 3 unspecified atom stereocenters. The Hall–Kier alpha value is -0.750. The van der Waals surface area contributed by atoms with Crippen molar-refractivity contribution in [1.82, 2.24) is 5.32 Å². The van der Waals surface area contributed by atoms with Gasteiger partial charge in [0.05, 0.1) is 19.3 Å². The molecule has 5 nitrogen and oxygen atoms in total. The summed E-state index contributed by atoms with van der Waals surface area (Å²) in [4.78, 5) is 22.7. The number of carbonyl (C=O) groups excluding carboxylic acids is 1. The average molecular weight is 245 g/mol. The van der Waals surface area contributed by atoms with Gasteiger partial charge in [-0.2, -0.15) is 11.8 Å². The summed E-state index contributed by atoms with van der Waals surface area (Å²) in [5, 5.41) is 11.7. The Labute approximate surface area is 97.9 Å². The number of ether oxygens (including phenoxy) is 1. The van der Waals surface area contributed by atoms with E-state index in [1.807, 2.05) is 0 Å². The number of carboxylic acids is 1. The lowest BCUT2D eigenvalue weighted by Gasteiger charge is -2.17. The van der Waals surface area contributed by atoms with Gasteiger partial charge in [-0.25, -0.2) is 0 Å². The van der Waals surface area contributed by atoms with Crippen molar-refractivity contribution >= 4 is 23.6 Å². The molecule has 0 aromatic rings. The fraction of sp³-hybridized carbons (Fsp3) is 0.800.